The van der Waals surface area contributed by atoms with Crippen LogP contribution in [0.3, 0.4) is 0 Å². The van der Waals surface area contributed by atoms with Gasteiger partial charge in [-0.2, -0.15) is 0 Å². The van der Waals surface area contributed by atoms with Crippen LogP contribution in [0.2, 0.25) is 0 Å². The minimum absolute atomic E-state index is 0.0373. The van der Waals surface area contributed by atoms with E-state index < -0.39 is 0 Å². The van der Waals surface area contributed by atoms with Crippen LogP contribution < -0.4 is 15.4 Å². The van der Waals surface area contributed by atoms with Crippen molar-refractivity contribution in [3.8, 4) is 5.75 Å². The fraction of sp³-hybridized carbons (Fsp3) is 0.533. The second kappa shape index (κ2) is 7.79. The Morgan fingerprint density at radius 1 is 1.26 bits per heavy atom. The molecular weight excluding hydrogens is 240 g/mol. The van der Waals surface area contributed by atoms with Crippen LogP contribution in [0, 0.1) is 5.92 Å². The molecule has 1 atom stereocenters. The molecule has 0 aliphatic carbocycles. The van der Waals surface area contributed by atoms with Crippen LogP contribution in [-0.2, 0) is 4.79 Å². The largest absolute Gasteiger partial charge is 0.497 e. The van der Waals surface area contributed by atoms with Crippen LogP contribution in [-0.4, -0.2) is 26.6 Å². The van der Waals surface area contributed by atoms with Gasteiger partial charge in [-0.1, -0.05) is 26.0 Å². The molecule has 1 amide bonds. The molecule has 0 radical (unpaired) electrons. The number of rotatable bonds is 7. The first-order valence-corrected chi connectivity index (χ1v) is 6.66. The van der Waals surface area contributed by atoms with Crippen molar-refractivity contribution in [2.24, 2.45) is 5.92 Å². The van der Waals surface area contributed by atoms with Crippen LogP contribution in [0.15, 0.2) is 24.3 Å². The minimum atomic E-state index is 0.0373. The Hall–Kier alpha value is -1.55. The van der Waals surface area contributed by atoms with Crippen LogP contribution in [0.25, 0.3) is 0 Å². The molecule has 0 aliphatic heterocycles. The number of carbonyl (C=O) groups is 1. The van der Waals surface area contributed by atoms with E-state index in [1.54, 1.807) is 7.11 Å². The molecule has 4 heteroatoms. The zero-order valence-corrected chi connectivity index (χ0v) is 12.2. The minimum Gasteiger partial charge on any atom is -0.497 e. The quantitative estimate of drug-likeness (QED) is 0.793. The lowest BCUT2D eigenvalue weighted by molar-refractivity contribution is -0.122. The summed E-state index contributed by atoms with van der Waals surface area (Å²) >= 11 is 0. The highest BCUT2D eigenvalue weighted by atomic mass is 16.5. The number of carbonyl (C=O) groups excluding carboxylic acids is 1. The van der Waals surface area contributed by atoms with Crippen LogP contribution in [0.4, 0.5) is 0 Å². The second-order valence-electron chi connectivity index (χ2n) is 4.92. The number of ether oxygens (including phenoxy) is 1. The van der Waals surface area contributed by atoms with Gasteiger partial charge in [0, 0.05) is 13.0 Å². The van der Waals surface area contributed by atoms with Crippen molar-refractivity contribution in [2.75, 3.05) is 20.7 Å². The fourth-order valence-corrected chi connectivity index (χ4v) is 1.93. The van der Waals surface area contributed by atoms with Crippen molar-refractivity contribution in [2.45, 2.75) is 26.3 Å². The number of methoxy groups -OCH3 is 1. The van der Waals surface area contributed by atoms with E-state index in [1.807, 2.05) is 31.3 Å². The van der Waals surface area contributed by atoms with Crippen molar-refractivity contribution in [3.05, 3.63) is 29.8 Å². The molecule has 1 unspecified atom stereocenters. The average molecular weight is 264 g/mol. The molecular formula is C15H24N2O2. The summed E-state index contributed by atoms with van der Waals surface area (Å²) in [7, 11) is 3.49. The maximum absolute atomic E-state index is 11.8. The smallest absolute Gasteiger partial charge is 0.221 e. The van der Waals surface area contributed by atoms with Gasteiger partial charge in [0.2, 0.25) is 5.91 Å². The normalized spacial score (nSPS) is 12.3. The summed E-state index contributed by atoms with van der Waals surface area (Å²) in [5, 5.41) is 6.06. The van der Waals surface area contributed by atoms with E-state index in [1.165, 1.54) is 0 Å². The average Bonchev–Trinajstić information content (AvgIpc) is 2.42. The lowest BCUT2D eigenvalue weighted by Gasteiger charge is -2.23. The Bertz CT molecular complexity index is 388. The van der Waals surface area contributed by atoms with Gasteiger partial charge in [-0.15, -0.1) is 0 Å². The molecule has 0 heterocycles. The standard InChI is InChI=1S/C15H24N2O2/c1-11(2)15(17-14(18)9-10-16-3)12-5-7-13(19-4)8-6-12/h5-8,11,15-16H,9-10H2,1-4H3,(H,17,18). The molecule has 0 aromatic heterocycles. The van der Waals surface area contributed by atoms with Crippen molar-refractivity contribution < 1.29 is 9.53 Å². The summed E-state index contributed by atoms with van der Waals surface area (Å²) in [6, 6.07) is 7.88. The zero-order valence-electron chi connectivity index (χ0n) is 12.2. The Kier molecular flexibility index (Phi) is 6.36. The number of amides is 1. The van der Waals surface area contributed by atoms with Gasteiger partial charge in [0.15, 0.2) is 0 Å². The monoisotopic (exact) mass is 264 g/mol. The SMILES string of the molecule is CNCCC(=O)NC(c1ccc(OC)cc1)C(C)C. The van der Waals surface area contributed by atoms with E-state index in [2.05, 4.69) is 24.5 Å². The van der Waals surface area contributed by atoms with Gasteiger partial charge in [-0.25, -0.2) is 0 Å². The number of hydrogen-bond acceptors (Lipinski definition) is 3. The van der Waals surface area contributed by atoms with Gasteiger partial charge in [0.1, 0.15) is 5.75 Å². The fourth-order valence-electron chi connectivity index (χ4n) is 1.93. The predicted molar refractivity (Wildman–Crippen MR) is 77.3 cm³/mol. The number of hydrogen-bond donors (Lipinski definition) is 2. The molecule has 0 spiro atoms. The zero-order chi connectivity index (χ0) is 14.3. The summed E-state index contributed by atoms with van der Waals surface area (Å²) in [5.74, 6) is 1.24. The van der Waals surface area contributed by atoms with Gasteiger partial charge < -0.3 is 15.4 Å². The molecule has 1 aromatic rings. The Balaban J connectivity index is 2.73. The summed E-state index contributed by atoms with van der Waals surface area (Å²) in [6.45, 7) is 4.90. The van der Waals surface area contributed by atoms with Crippen LogP contribution >= 0.6 is 0 Å². The first-order valence-electron chi connectivity index (χ1n) is 6.66. The maximum atomic E-state index is 11.8. The Morgan fingerprint density at radius 2 is 1.89 bits per heavy atom. The molecule has 0 fully saturated rings. The second-order valence-corrected chi connectivity index (χ2v) is 4.92. The van der Waals surface area contributed by atoms with Crippen molar-refractivity contribution in [1.29, 1.82) is 0 Å². The van der Waals surface area contributed by atoms with Gasteiger partial charge >= 0.3 is 0 Å². The highest BCUT2D eigenvalue weighted by molar-refractivity contribution is 5.76. The number of benzene rings is 1. The first kappa shape index (κ1) is 15.5. The summed E-state index contributed by atoms with van der Waals surface area (Å²) in [4.78, 5) is 11.8. The molecule has 0 saturated carbocycles. The van der Waals surface area contributed by atoms with Crippen molar-refractivity contribution in [1.82, 2.24) is 10.6 Å². The Labute approximate surface area is 115 Å². The number of nitrogens with one attached hydrogen (secondary N) is 2. The topological polar surface area (TPSA) is 50.4 Å². The van der Waals surface area contributed by atoms with Crippen LogP contribution in [0.1, 0.15) is 31.9 Å². The first-order chi connectivity index (χ1) is 9.08. The van der Waals surface area contributed by atoms with Crippen LogP contribution in [0.5, 0.6) is 5.75 Å². The van der Waals surface area contributed by atoms with E-state index >= 15 is 0 Å². The third-order valence-corrected chi connectivity index (χ3v) is 3.06. The predicted octanol–water partition coefficient (Wildman–Crippen LogP) is 2.12. The lowest BCUT2D eigenvalue weighted by Crippen LogP contribution is -2.33. The summed E-state index contributed by atoms with van der Waals surface area (Å²) in [6.07, 6.45) is 0.496. The Morgan fingerprint density at radius 3 is 2.37 bits per heavy atom. The molecule has 0 saturated heterocycles. The van der Waals surface area contributed by atoms with E-state index in [-0.39, 0.29) is 11.9 Å². The summed E-state index contributed by atoms with van der Waals surface area (Å²) in [5.41, 5.74) is 1.11. The van der Waals surface area contributed by atoms with Crippen molar-refractivity contribution in [3.63, 3.8) is 0 Å². The van der Waals surface area contributed by atoms with Gasteiger partial charge in [-0.3, -0.25) is 4.79 Å². The summed E-state index contributed by atoms with van der Waals surface area (Å²) < 4.78 is 5.15. The molecule has 1 rings (SSSR count). The van der Waals surface area contributed by atoms with E-state index in [0.29, 0.717) is 18.9 Å². The molecule has 1 aromatic carbocycles. The third-order valence-electron chi connectivity index (χ3n) is 3.06. The van der Waals surface area contributed by atoms with Gasteiger partial charge in [0.05, 0.1) is 13.2 Å². The molecule has 0 aliphatic rings. The molecule has 106 valence electrons. The maximum Gasteiger partial charge on any atom is 0.221 e. The van der Waals surface area contributed by atoms with E-state index in [0.717, 1.165) is 11.3 Å². The highest BCUT2D eigenvalue weighted by Crippen LogP contribution is 2.23. The van der Waals surface area contributed by atoms with E-state index in [4.69, 9.17) is 4.74 Å². The van der Waals surface area contributed by atoms with Gasteiger partial charge in [0.25, 0.3) is 0 Å². The lowest BCUT2D eigenvalue weighted by atomic mass is 9.96. The molecule has 2 N–H and O–H groups in total. The van der Waals surface area contributed by atoms with E-state index in [9.17, 15) is 4.79 Å². The molecule has 0 bridgehead atoms. The molecule has 4 nitrogen and oxygen atoms in total. The molecule has 19 heavy (non-hydrogen) atoms. The third kappa shape index (κ3) is 4.91. The van der Waals surface area contributed by atoms with Gasteiger partial charge in [-0.05, 0) is 30.7 Å². The van der Waals surface area contributed by atoms with Crippen molar-refractivity contribution >= 4 is 5.91 Å². The highest BCUT2D eigenvalue weighted by Gasteiger charge is 2.17.